The van der Waals surface area contributed by atoms with E-state index in [1.54, 1.807) is 48.1 Å². The zero-order valence-electron chi connectivity index (χ0n) is 21.5. The topological polar surface area (TPSA) is 75.2 Å². The molecule has 1 aliphatic heterocycles. The molecule has 0 spiro atoms. The van der Waals surface area contributed by atoms with Gasteiger partial charge in [-0.2, -0.15) is 13.2 Å². The zero-order valence-corrected chi connectivity index (χ0v) is 22.3. The Morgan fingerprint density at radius 1 is 1.02 bits per heavy atom. The SMILES string of the molecule is O=C(Nc1ccccc1-c1cccc(C(F)(F)F)c1)c1csc(C2CCN(C(=O)CCc3cccnc3)CC2)n1. The summed E-state index contributed by atoms with van der Waals surface area (Å²) in [6, 6.07) is 15.6. The predicted molar refractivity (Wildman–Crippen MR) is 148 cm³/mol. The first-order valence-corrected chi connectivity index (χ1v) is 13.9. The molecule has 2 aromatic heterocycles. The molecular formula is C30H27F3N4O2S. The Balaban J connectivity index is 1.19. The maximum absolute atomic E-state index is 13.2. The number of alkyl halides is 3. The van der Waals surface area contributed by atoms with Gasteiger partial charge in [-0.05, 0) is 54.7 Å². The van der Waals surface area contributed by atoms with Crippen LogP contribution in [0.1, 0.15) is 51.8 Å². The second kappa shape index (κ2) is 12.0. The van der Waals surface area contributed by atoms with Gasteiger partial charge in [0.15, 0.2) is 0 Å². The van der Waals surface area contributed by atoms with E-state index in [9.17, 15) is 22.8 Å². The van der Waals surface area contributed by atoms with Crippen LogP contribution in [-0.4, -0.2) is 39.8 Å². The van der Waals surface area contributed by atoms with E-state index in [0.717, 1.165) is 35.5 Å². The molecule has 0 unspecified atom stereocenters. The molecule has 0 bridgehead atoms. The molecule has 5 rings (SSSR count). The molecule has 0 atom stereocenters. The lowest BCUT2D eigenvalue weighted by molar-refractivity contribution is -0.137. The van der Waals surface area contributed by atoms with Crippen molar-refractivity contribution < 1.29 is 22.8 Å². The molecule has 10 heteroatoms. The Morgan fingerprint density at radius 3 is 2.58 bits per heavy atom. The van der Waals surface area contributed by atoms with E-state index in [0.29, 0.717) is 42.7 Å². The van der Waals surface area contributed by atoms with E-state index in [1.807, 2.05) is 17.0 Å². The van der Waals surface area contributed by atoms with Crippen LogP contribution in [0.4, 0.5) is 18.9 Å². The largest absolute Gasteiger partial charge is 0.416 e. The number of amides is 2. The van der Waals surface area contributed by atoms with Crippen LogP contribution < -0.4 is 5.32 Å². The third kappa shape index (κ3) is 6.56. The van der Waals surface area contributed by atoms with Crippen LogP contribution in [0.5, 0.6) is 0 Å². The number of hydrogen-bond acceptors (Lipinski definition) is 5. The Morgan fingerprint density at radius 2 is 1.82 bits per heavy atom. The van der Waals surface area contributed by atoms with Gasteiger partial charge in [-0.1, -0.05) is 36.4 Å². The average molecular weight is 565 g/mol. The van der Waals surface area contributed by atoms with Gasteiger partial charge in [0, 0.05) is 54.5 Å². The Hall–Kier alpha value is -4.05. The van der Waals surface area contributed by atoms with Crippen LogP contribution in [0, 0.1) is 0 Å². The van der Waals surface area contributed by atoms with Gasteiger partial charge in [-0.25, -0.2) is 4.98 Å². The molecule has 0 saturated carbocycles. The van der Waals surface area contributed by atoms with Crippen molar-refractivity contribution in [2.75, 3.05) is 18.4 Å². The second-order valence-corrected chi connectivity index (χ2v) is 10.6. The van der Waals surface area contributed by atoms with Crippen molar-refractivity contribution in [2.24, 2.45) is 0 Å². The molecule has 206 valence electrons. The molecule has 1 N–H and O–H groups in total. The number of aromatic nitrogens is 2. The molecule has 40 heavy (non-hydrogen) atoms. The molecule has 1 aliphatic rings. The maximum Gasteiger partial charge on any atom is 0.416 e. The number of piperidine rings is 1. The molecule has 3 heterocycles. The first-order valence-electron chi connectivity index (χ1n) is 13.0. The quantitative estimate of drug-likeness (QED) is 0.268. The van der Waals surface area contributed by atoms with Gasteiger partial charge in [0.25, 0.3) is 5.91 Å². The van der Waals surface area contributed by atoms with Crippen LogP contribution in [0.15, 0.2) is 78.4 Å². The summed E-state index contributed by atoms with van der Waals surface area (Å²) in [5.41, 5.74) is 1.78. The van der Waals surface area contributed by atoms with Crippen molar-refractivity contribution in [3.63, 3.8) is 0 Å². The minimum atomic E-state index is -4.46. The highest BCUT2D eigenvalue weighted by Gasteiger charge is 2.31. The minimum Gasteiger partial charge on any atom is -0.343 e. The van der Waals surface area contributed by atoms with Gasteiger partial charge in [-0.15, -0.1) is 11.3 Å². The van der Waals surface area contributed by atoms with Crippen molar-refractivity contribution in [3.8, 4) is 11.1 Å². The molecule has 2 aromatic carbocycles. The molecule has 4 aromatic rings. The lowest BCUT2D eigenvalue weighted by Gasteiger charge is -2.31. The molecule has 0 aliphatic carbocycles. The van der Waals surface area contributed by atoms with Gasteiger partial charge in [0.2, 0.25) is 5.91 Å². The molecule has 2 amide bonds. The standard InChI is InChI=1S/C30H27F3N4O2S/c31-30(32,33)23-7-3-6-22(17-23)24-8-1-2-9-25(24)35-28(39)26-19-40-29(36-26)21-12-15-37(16-13-21)27(38)11-10-20-5-4-14-34-18-20/h1-9,14,17-19,21H,10-13,15-16H2,(H,35,39). The Labute approximate surface area is 233 Å². The van der Waals surface area contributed by atoms with E-state index in [-0.39, 0.29) is 17.5 Å². The highest BCUT2D eigenvalue weighted by atomic mass is 32.1. The molecule has 1 fully saturated rings. The number of pyridine rings is 1. The van der Waals surface area contributed by atoms with Crippen LogP contribution in [0.25, 0.3) is 11.1 Å². The summed E-state index contributed by atoms with van der Waals surface area (Å²) in [4.78, 5) is 36.3. The third-order valence-corrected chi connectivity index (χ3v) is 7.99. The third-order valence-electron chi connectivity index (χ3n) is 6.98. The number of likely N-dealkylation sites (tertiary alicyclic amines) is 1. The number of aryl methyl sites for hydroxylation is 1. The highest BCUT2D eigenvalue weighted by molar-refractivity contribution is 7.10. The number of hydrogen-bond donors (Lipinski definition) is 1. The van der Waals surface area contributed by atoms with Gasteiger partial charge >= 0.3 is 6.18 Å². The second-order valence-electron chi connectivity index (χ2n) is 9.67. The summed E-state index contributed by atoms with van der Waals surface area (Å²) in [5, 5.41) is 5.36. The normalized spacial score (nSPS) is 14.2. The predicted octanol–water partition coefficient (Wildman–Crippen LogP) is 6.82. The van der Waals surface area contributed by atoms with E-state index in [2.05, 4.69) is 15.3 Å². The summed E-state index contributed by atoms with van der Waals surface area (Å²) < 4.78 is 39.7. The number of thiazole rings is 1. The maximum atomic E-state index is 13.2. The van der Waals surface area contributed by atoms with Crippen molar-refractivity contribution in [3.05, 3.63) is 100 Å². The Bertz CT molecular complexity index is 1480. The van der Waals surface area contributed by atoms with Gasteiger partial charge < -0.3 is 10.2 Å². The molecule has 0 radical (unpaired) electrons. The van der Waals surface area contributed by atoms with Gasteiger partial charge in [-0.3, -0.25) is 14.6 Å². The summed E-state index contributed by atoms with van der Waals surface area (Å²) in [7, 11) is 0. The zero-order chi connectivity index (χ0) is 28.1. The number of carbonyl (C=O) groups is 2. The van der Waals surface area contributed by atoms with E-state index in [1.165, 1.54) is 17.4 Å². The summed E-state index contributed by atoms with van der Waals surface area (Å²) in [6.07, 6.45) is 1.67. The van der Waals surface area contributed by atoms with Gasteiger partial charge in [0.05, 0.1) is 10.6 Å². The van der Waals surface area contributed by atoms with Crippen molar-refractivity contribution in [1.29, 1.82) is 0 Å². The average Bonchev–Trinajstić information content (AvgIpc) is 3.47. The number of nitrogens with zero attached hydrogens (tertiary/aromatic N) is 3. The molecule has 1 saturated heterocycles. The number of rotatable bonds is 7. The summed E-state index contributed by atoms with van der Waals surface area (Å²) >= 11 is 1.41. The lowest BCUT2D eigenvalue weighted by atomic mass is 9.97. The van der Waals surface area contributed by atoms with Crippen molar-refractivity contribution >= 4 is 28.8 Å². The fraction of sp³-hybridized carbons (Fsp3) is 0.267. The minimum absolute atomic E-state index is 0.126. The van der Waals surface area contributed by atoms with Crippen molar-refractivity contribution in [1.82, 2.24) is 14.9 Å². The molecular weight excluding hydrogens is 537 g/mol. The number of benzene rings is 2. The van der Waals surface area contributed by atoms with Crippen LogP contribution in [0.2, 0.25) is 0 Å². The monoisotopic (exact) mass is 564 g/mol. The highest BCUT2D eigenvalue weighted by Crippen LogP contribution is 2.35. The fourth-order valence-electron chi connectivity index (χ4n) is 4.80. The van der Waals surface area contributed by atoms with Crippen LogP contribution >= 0.6 is 11.3 Å². The van der Waals surface area contributed by atoms with E-state index in [4.69, 9.17) is 0 Å². The van der Waals surface area contributed by atoms with E-state index < -0.39 is 17.6 Å². The number of para-hydroxylation sites is 1. The summed E-state index contributed by atoms with van der Waals surface area (Å²) in [6.45, 7) is 1.28. The number of anilines is 1. The first-order chi connectivity index (χ1) is 19.3. The summed E-state index contributed by atoms with van der Waals surface area (Å²) in [5.74, 6) is -0.141. The van der Waals surface area contributed by atoms with Crippen LogP contribution in [-0.2, 0) is 17.4 Å². The van der Waals surface area contributed by atoms with Gasteiger partial charge in [0.1, 0.15) is 5.69 Å². The fourth-order valence-corrected chi connectivity index (χ4v) is 5.78. The Kier molecular flexibility index (Phi) is 8.25. The first kappa shape index (κ1) is 27.5. The van der Waals surface area contributed by atoms with E-state index >= 15 is 0 Å². The number of halogens is 3. The smallest absolute Gasteiger partial charge is 0.343 e. The number of nitrogens with one attached hydrogen (secondary N) is 1. The lowest BCUT2D eigenvalue weighted by Crippen LogP contribution is -2.38. The van der Waals surface area contributed by atoms with Crippen LogP contribution in [0.3, 0.4) is 0 Å². The molecule has 6 nitrogen and oxygen atoms in total. The van der Waals surface area contributed by atoms with Crippen molar-refractivity contribution in [2.45, 2.75) is 37.8 Å². The number of carbonyl (C=O) groups excluding carboxylic acids is 2.